The Hall–Kier alpha value is -4.18. The molecule has 4 aromatic carbocycles. The van der Waals surface area contributed by atoms with Crippen LogP contribution < -0.4 is 5.32 Å². The summed E-state index contributed by atoms with van der Waals surface area (Å²) in [5, 5.41) is 4.95. The summed E-state index contributed by atoms with van der Waals surface area (Å²) in [5.41, 5.74) is 6.36. The van der Waals surface area contributed by atoms with Crippen LogP contribution in [0.1, 0.15) is 39.4 Å². The molecule has 1 aliphatic carbocycles. The van der Waals surface area contributed by atoms with E-state index in [9.17, 15) is 9.59 Å². The van der Waals surface area contributed by atoms with Crippen molar-refractivity contribution in [3.05, 3.63) is 113 Å². The van der Waals surface area contributed by atoms with Gasteiger partial charge in [-0.05, 0) is 45.0 Å². The topological polar surface area (TPSA) is 55.4 Å². The number of carbonyl (C=O) groups is 2. The number of rotatable bonds is 7. The second-order valence-corrected chi connectivity index (χ2v) is 8.35. The van der Waals surface area contributed by atoms with Crippen molar-refractivity contribution >= 4 is 29.2 Å². The van der Waals surface area contributed by atoms with E-state index in [2.05, 4.69) is 29.6 Å². The van der Waals surface area contributed by atoms with Crippen LogP contribution in [-0.4, -0.2) is 25.5 Å². The third kappa shape index (κ3) is 4.23. The van der Waals surface area contributed by atoms with Crippen molar-refractivity contribution in [1.29, 1.82) is 0 Å². The van der Waals surface area contributed by atoms with Crippen molar-refractivity contribution in [2.45, 2.75) is 12.3 Å². The lowest BCUT2D eigenvalue weighted by atomic mass is 9.98. The molecule has 5 rings (SSSR count). The number of carbonyl (C=O) groups excluding carboxylic acids is 2. The molecule has 1 N–H and O–H groups in total. The van der Waals surface area contributed by atoms with Gasteiger partial charge in [-0.25, -0.2) is 4.79 Å². The van der Waals surface area contributed by atoms with Gasteiger partial charge in [0.2, 0.25) is 0 Å². The molecule has 4 heteroatoms. The minimum absolute atomic E-state index is 0.0474. The molecule has 0 spiro atoms. The Kier molecular flexibility index (Phi) is 6.21. The van der Waals surface area contributed by atoms with Gasteiger partial charge in [0.1, 0.15) is 6.61 Å². The third-order valence-corrected chi connectivity index (χ3v) is 6.34. The van der Waals surface area contributed by atoms with Crippen LogP contribution in [0, 0.1) is 0 Å². The standard InChI is InChI=1S/C30H25NO3/c32-19-22-17-16-21-9-1-2-10-23(21)24(22)11-7-8-18-31-30(33)34-20-29-27-14-5-3-12-25(27)26-13-4-6-15-28(26)29/h1-7,9-17,19,29H,8,18,20H2,(H,31,33). The molecule has 0 saturated heterocycles. The quantitative estimate of drug-likeness (QED) is 0.257. The van der Waals surface area contributed by atoms with E-state index in [1.165, 1.54) is 22.3 Å². The molecular formula is C30H25NO3. The molecule has 0 aliphatic heterocycles. The van der Waals surface area contributed by atoms with E-state index in [0.29, 0.717) is 25.1 Å². The maximum absolute atomic E-state index is 12.3. The van der Waals surface area contributed by atoms with Crippen LogP contribution in [0.25, 0.3) is 28.0 Å². The highest BCUT2D eigenvalue weighted by Crippen LogP contribution is 2.44. The van der Waals surface area contributed by atoms with Gasteiger partial charge in [0, 0.05) is 18.0 Å². The molecule has 34 heavy (non-hydrogen) atoms. The number of benzene rings is 4. The zero-order chi connectivity index (χ0) is 23.3. The van der Waals surface area contributed by atoms with Crippen LogP contribution in [0.5, 0.6) is 0 Å². The van der Waals surface area contributed by atoms with E-state index in [1.54, 1.807) is 0 Å². The van der Waals surface area contributed by atoms with Crippen molar-refractivity contribution < 1.29 is 14.3 Å². The molecule has 0 atom stereocenters. The monoisotopic (exact) mass is 447 g/mol. The third-order valence-electron chi connectivity index (χ3n) is 6.34. The van der Waals surface area contributed by atoms with E-state index in [-0.39, 0.29) is 5.92 Å². The summed E-state index contributed by atoms with van der Waals surface area (Å²) >= 11 is 0. The maximum atomic E-state index is 12.3. The molecule has 0 radical (unpaired) electrons. The van der Waals surface area contributed by atoms with Crippen LogP contribution >= 0.6 is 0 Å². The smallest absolute Gasteiger partial charge is 0.407 e. The van der Waals surface area contributed by atoms with Gasteiger partial charge in [0.15, 0.2) is 6.29 Å². The molecule has 168 valence electrons. The van der Waals surface area contributed by atoms with E-state index in [4.69, 9.17) is 4.74 Å². The predicted molar refractivity (Wildman–Crippen MR) is 136 cm³/mol. The molecular weight excluding hydrogens is 422 g/mol. The zero-order valence-electron chi connectivity index (χ0n) is 18.7. The molecule has 0 heterocycles. The fourth-order valence-electron chi connectivity index (χ4n) is 4.71. The summed E-state index contributed by atoms with van der Waals surface area (Å²) in [7, 11) is 0. The summed E-state index contributed by atoms with van der Waals surface area (Å²) in [4.78, 5) is 23.8. The lowest BCUT2D eigenvalue weighted by Gasteiger charge is -2.14. The minimum Gasteiger partial charge on any atom is -0.449 e. The summed E-state index contributed by atoms with van der Waals surface area (Å²) in [6, 6.07) is 28.3. The van der Waals surface area contributed by atoms with Crippen LogP contribution in [0.2, 0.25) is 0 Å². The lowest BCUT2D eigenvalue weighted by molar-refractivity contribution is 0.112. The van der Waals surface area contributed by atoms with Gasteiger partial charge in [-0.1, -0.05) is 97.1 Å². The zero-order valence-corrected chi connectivity index (χ0v) is 18.7. The number of fused-ring (bicyclic) bond motifs is 4. The van der Waals surface area contributed by atoms with Gasteiger partial charge in [0.25, 0.3) is 0 Å². The van der Waals surface area contributed by atoms with Crippen molar-refractivity contribution in [3.63, 3.8) is 0 Å². The number of hydrogen-bond acceptors (Lipinski definition) is 3. The number of nitrogens with one attached hydrogen (secondary N) is 1. The summed E-state index contributed by atoms with van der Waals surface area (Å²) in [6.45, 7) is 0.753. The Labute approximate surface area is 198 Å². The molecule has 1 aliphatic rings. The van der Waals surface area contributed by atoms with Gasteiger partial charge < -0.3 is 10.1 Å². The van der Waals surface area contributed by atoms with Gasteiger partial charge >= 0.3 is 6.09 Å². The maximum Gasteiger partial charge on any atom is 0.407 e. The Morgan fingerprint density at radius 3 is 2.26 bits per heavy atom. The second-order valence-electron chi connectivity index (χ2n) is 8.35. The van der Waals surface area contributed by atoms with Gasteiger partial charge in [-0.2, -0.15) is 0 Å². The molecule has 0 fully saturated rings. The summed E-state index contributed by atoms with van der Waals surface area (Å²) < 4.78 is 5.58. The highest BCUT2D eigenvalue weighted by molar-refractivity contribution is 5.98. The highest BCUT2D eigenvalue weighted by atomic mass is 16.5. The van der Waals surface area contributed by atoms with E-state index >= 15 is 0 Å². The number of alkyl carbamates (subject to hydrolysis) is 1. The lowest BCUT2D eigenvalue weighted by Crippen LogP contribution is -2.26. The predicted octanol–water partition coefficient (Wildman–Crippen LogP) is 6.59. The molecule has 0 saturated carbocycles. The molecule has 4 nitrogen and oxygen atoms in total. The van der Waals surface area contributed by atoms with Crippen LogP contribution in [-0.2, 0) is 4.74 Å². The Morgan fingerprint density at radius 2 is 1.53 bits per heavy atom. The van der Waals surface area contributed by atoms with Gasteiger partial charge in [-0.3, -0.25) is 4.79 Å². The summed E-state index contributed by atoms with van der Waals surface area (Å²) in [6.07, 6.45) is 5.01. The van der Waals surface area contributed by atoms with E-state index in [1.807, 2.05) is 72.8 Å². The number of ether oxygens (including phenoxy) is 1. The average molecular weight is 448 g/mol. The van der Waals surface area contributed by atoms with Gasteiger partial charge in [-0.15, -0.1) is 0 Å². The van der Waals surface area contributed by atoms with Crippen molar-refractivity contribution in [1.82, 2.24) is 5.32 Å². The van der Waals surface area contributed by atoms with Crippen LogP contribution in [0.4, 0.5) is 4.79 Å². The largest absolute Gasteiger partial charge is 0.449 e. The Bertz CT molecular complexity index is 1340. The number of amides is 1. The SMILES string of the molecule is O=Cc1ccc2ccccc2c1C=CCCNC(=O)OCC1c2ccccc2-c2ccccc21. The molecule has 0 aromatic heterocycles. The van der Waals surface area contributed by atoms with Crippen molar-refractivity contribution in [3.8, 4) is 11.1 Å². The first kappa shape index (κ1) is 21.7. The summed E-state index contributed by atoms with van der Waals surface area (Å²) in [5.74, 6) is 0.0474. The Balaban J connectivity index is 1.17. The first-order valence-corrected chi connectivity index (χ1v) is 11.5. The molecule has 0 unspecified atom stereocenters. The first-order valence-electron chi connectivity index (χ1n) is 11.5. The highest BCUT2D eigenvalue weighted by Gasteiger charge is 2.28. The molecule has 1 amide bonds. The normalized spacial score (nSPS) is 12.5. The Morgan fingerprint density at radius 1 is 0.853 bits per heavy atom. The van der Waals surface area contributed by atoms with E-state index < -0.39 is 6.09 Å². The number of aldehydes is 1. The fourth-order valence-corrected chi connectivity index (χ4v) is 4.71. The minimum atomic E-state index is -0.422. The van der Waals surface area contributed by atoms with E-state index in [0.717, 1.165) is 22.6 Å². The fraction of sp³-hybridized carbons (Fsp3) is 0.133. The second kappa shape index (κ2) is 9.75. The van der Waals surface area contributed by atoms with Crippen molar-refractivity contribution in [2.75, 3.05) is 13.2 Å². The van der Waals surface area contributed by atoms with Gasteiger partial charge in [0.05, 0.1) is 0 Å². The number of hydrogen-bond donors (Lipinski definition) is 1. The first-order chi connectivity index (χ1) is 16.8. The molecule has 0 bridgehead atoms. The van der Waals surface area contributed by atoms with Crippen LogP contribution in [0.15, 0.2) is 91.0 Å². The average Bonchev–Trinajstić information content (AvgIpc) is 3.21. The van der Waals surface area contributed by atoms with Crippen LogP contribution in [0.3, 0.4) is 0 Å². The van der Waals surface area contributed by atoms with Crippen molar-refractivity contribution in [2.24, 2.45) is 0 Å². The molecule has 4 aromatic rings.